The quantitative estimate of drug-likeness (QED) is 0.516. The number of nitrogens with two attached hydrogens (primary N) is 1. The molecule has 0 spiro atoms. The molecule has 2 aromatic heterocycles. The molecule has 0 saturated heterocycles. The minimum Gasteiger partial charge on any atom is -0.464 e. The third kappa shape index (κ3) is 3.93. The van der Waals surface area contributed by atoms with Crippen molar-refractivity contribution in [3.8, 4) is 22.8 Å². The fraction of sp³-hybridized carbons (Fsp3) is 0.467. The van der Waals surface area contributed by atoms with Gasteiger partial charge in [0.15, 0.2) is 11.5 Å². The molecule has 3 aromatic rings. The summed E-state index contributed by atoms with van der Waals surface area (Å²) in [6.45, 7) is 8.45. The zero-order valence-electron chi connectivity index (χ0n) is 22.5. The third-order valence-corrected chi connectivity index (χ3v) is 8.62. The van der Waals surface area contributed by atoms with E-state index in [0.29, 0.717) is 41.4 Å². The van der Waals surface area contributed by atoms with Crippen LogP contribution in [0.1, 0.15) is 70.9 Å². The standard InChI is InChI=1S/C30H35N3O5/c1-16-14-17(2)32-28(34)22(16)15-33-12-11-21-24(29(33)35)18(3)26-27(25(21)23-6-5-13-36-23)38-30(4,37-26)19-7-9-20(31)10-8-19/h5-6,13-14,19-20H,7-12,15,31H2,1-4H3,(H,32,34). The summed E-state index contributed by atoms with van der Waals surface area (Å²) in [5.41, 5.74) is 11.4. The summed E-state index contributed by atoms with van der Waals surface area (Å²) in [5.74, 6) is 1.16. The van der Waals surface area contributed by atoms with Gasteiger partial charge in [0.2, 0.25) is 0 Å². The Kier molecular flexibility index (Phi) is 5.90. The number of carbonyl (C=O) groups excluding carboxylic acids is 1. The molecule has 200 valence electrons. The molecule has 0 bridgehead atoms. The van der Waals surface area contributed by atoms with Crippen LogP contribution in [0.5, 0.6) is 11.5 Å². The van der Waals surface area contributed by atoms with E-state index in [1.54, 1.807) is 11.2 Å². The Hall–Kier alpha value is -3.52. The van der Waals surface area contributed by atoms with Crippen LogP contribution in [0.15, 0.2) is 33.7 Å². The first-order valence-electron chi connectivity index (χ1n) is 13.5. The van der Waals surface area contributed by atoms with Crippen LogP contribution in [-0.2, 0) is 13.0 Å². The molecule has 4 heterocycles. The normalized spacial score (nSPS) is 24.6. The molecular weight excluding hydrogens is 482 g/mol. The lowest BCUT2D eigenvalue weighted by Gasteiger charge is -2.36. The number of amides is 1. The van der Waals surface area contributed by atoms with Crippen molar-refractivity contribution >= 4 is 5.91 Å². The van der Waals surface area contributed by atoms with Crippen molar-refractivity contribution in [1.29, 1.82) is 0 Å². The van der Waals surface area contributed by atoms with E-state index in [1.807, 2.05) is 45.9 Å². The Morgan fingerprint density at radius 3 is 2.50 bits per heavy atom. The summed E-state index contributed by atoms with van der Waals surface area (Å²) >= 11 is 0. The number of ether oxygens (including phenoxy) is 2. The number of rotatable bonds is 4. The first-order valence-corrected chi connectivity index (χ1v) is 13.5. The number of aromatic amines is 1. The maximum atomic E-state index is 14.0. The molecule has 1 aromatic carbocycles. The molecule has 8 nitrogen and oxygen atoms in total. The summed E-state index contributed by atoms with van der Waals surface area (Å²) < 4.78 is 19.2. The Morgan fingerprint density at radius 2 is 1.82 bits per heavy atom. The predicted molar refractivity (Wildman–Crippen MR) is 143 cm³/mol. The molecule has 6 rings (SSSR count). The number of aryl methyl sites for hydroxylation is 2. The van der Waals surface area contributed by atoms with Crippen molar-refractivity contribution in [2.45, 2.75) is 78.2 Å². The van der Waals surface area contributed by atoms with Crippen LogP contribution in [0.3, 0.4) is 0 Å². The summed E-state index contributed by atoms with van der Waals surface area (Å²) in [6.07, 6.45) is 5.99. The second kappa shape index (κ2) is 9.05. The molecular formula is C30H35N3O5. The van der Waals surface area contributed by atoms with Gasteiger partial charge in [-0.25, -0.2) is 0 Å². The van der Waals surface area contributed by atoms with Gasteiger partial charge in [-0.1, -0.05) is 0 Å². The van der Waals surface area contributed by atoms with Crippen molar-refractivity contribution in [3.05, 3.63) is 68.3 Å². The topological polar surface area (TPSA) is 111 Å². The molecule has 0 radical (unpaired) electrons. The fourth-order valence-corrected chi connectivity index (χ4v) is 6.49. The zero-order valence-corrected chi connectivity index (χ0v) is 22.5. The number of nitrogens with one attached hydrogen (secondary N) is 1. The van der Waals surface area contributed by atoms with Crippen molar-refractivity contribution in [2.24, 2.45) is 11.7 Å². The van der Waals surface area contributed by atoms with Gasteiger partial charge >= 0.3 is 0 Å². The monoisotopic (exact) mass is 517 g/mol. The summed E-state index contributed by atoms with van der Waals surface area (Å²) in [4.78, 5) is 31.4. The molecule has 1 saturated carbocycles. The number of carbonyl (C=O) groups is 1. The fourth-order valence-electron chi connectivity index (χ4n) is 6.49. The van der Waals surface area contributed by atoms with Crippen LogP contribution in [0.2, 0.25) is 0 Å². The lowest BCUT2D eigenvalue weighted by atomic mass is 9.81. The van der Waals surface area contributed by atoms with Crippen LogP contribution >= 0.6 is 0 Å². The van der Waals surface area contributed by atoms with Crippen molar-refractivity contribution < 1.29 is 18.7 Å². The number of pyridine rings is 1. The van der Waals surface area contributed by atoms with E-state index in [0.717, 1.165) is 53.6 Å². The van der Waals surface area contributed by atoms with Crippen molar-refractivity contribution in [2.75, 3.05) is 6.54 Å². The van der Waals surface area contributed by atoms with E-state index in [-0.39, 0.29) is 30.0 Å². The van der Waals surface area contributed by atoms with Crippen molar-refractivity contribution in [3.63, 3.8) is 0 Å². The van der Waals surface area contributed by atoms with E-state index in [1.165, 1.54) is 0 Å². The highest BCUT2D eigenvalue weighted by molar-refractivity contribution is 6.02. The van der Waals surface area contributed by atoms with Gasteiger partial charge in [-0.2, -0.15) is 0 Å². The molecule has 1 fully saturated rings. The van der Waals surface area contributed by atoms with Crippen LogP contribution in [0.25, 0.3) is 11.3 Å². The number of benzene rings is 1. The first kappa shape index (κ1) is 24.8. The summed E-state index contributed by atoms with van der Waals surface area (Å²) in [7, 11) is 0. The van der Waals surface area contributed by atoms with Crippen LogP contribution in [0, 0.1) is 26.7 Å². The van der Waals surface area contributed by atoms with Crippen molar-refractivity contribution in [1.82, 2.24) is 9.88 Å². The molecule has 1 amide bonds. The Balaban J connectivity index is 1.42. The highest BCUT2D eigenvalue weighted by Crippen LogP contribution is 2.55. The molecule has 2 aliphatic heterocycles. The number of fused-ring (bicyclic) bond motifs is 2. The number of H-pyrrole nitrogens is 1. The number of hydrogen-bond donors (Lipinski definition) is 2. The molecule has 3 N–H and O–H groups in total. The lowest BCUT2D eigenvalue weighted by Crippen LogP contribution is -2.46. The number of aromatic nitrogens is 1. The molecule has 38 heavy (non-hydrogen) atoms. The van der Waals surface area contributed by atoms with Crippen LogP contribution in [0.4, 0.5) is 0 Å². The highest BCUT2D eigenvalue weighted by Gasteiger charge is 2.49. The van der Waals surface area contributed by atoms with Gasteiger partial charge in [-0.15, -0.1) is 0 Å². The second-order valence-electron chi connectivity index (χ2n) is 11.2. The minimum absolute atomic E-state index is 0.112. The Bertz CT molecular complexity index is 1470. The van der Waals surface area contributed by atoms with E-state index >= 15 is 0 Å². The van der Waals surface area contributed by atoms with Gasteiger partial charge < -0.3 is 29.5 Å². The van der Waals surface area contributed by atoms with Gasteiger partial charge in [0, 0.05) is 42.2 Å². The number of nitrogens with zero attached hydrogens (tertiary/aromatic N) is 1. The van der Waals surface area contributed by atoms with E-state index in [4.69, 9.17) is 19.6 Å². The molecule has 3 aliphatic rings. The molecule has 1 unspecified atom stereocenters. The predicted octanol–water partition coefficient (Wildman–Crippen LogP) is 4.76. The first-order chi connectivity index (χ1) is 18.2. The zero-order chi connectivity index (χ0) is 26.8. The summed E-state index contributed by atoms with van der Waals surface area (Å²) in [6, 6.07) is 5.90. The Labute approximate surface area is 222 Å². The minimum atomic E-state index is -0.840. The van der Waals surface area contributed by atoms with E-state index in [9.17, 15) is 9.59 Å². The third-order valence-electron chi connectivity index (χ3n) is 8.62. The van der Waals surface area contributed by atoms with Crippen LogP contribution < -0.4 is 20.8 Å². The summed E-state index contributed by atoms with van der Waals surface area (Å²) in [5, 5.41) is 0. The van der Waals surface area contributed by atoms with Gasteiger partial charge in [0.05, 0.1) is 23.9 Å². The molecule has 1 atom stereocenters. The average Bonchev–Trinajstić information content (AvgIpc) is 3.52. The van der Waals surface area contributed by atoms with E-state index in [2.05, 4.69) is 4.98 Å². The van der Waals surface area contributed by atoms with Gasteiger partial charge in [0.1, 0.15) is 5.76 Å². The molecule has 1 aliphatic carbocycles. The second-order valence-corrected chi connectivity index (χ2v) is 11.2. The average molecular weight is 518 g/mol. The van der Waals surface area contributed by atoms with Gasteiger partial charge in [-0.3, -0.25) is 9.59 Å². The number of furan rings is 1. The molecule has 8 heteroatoms. The Morgan fingerprint density at radius 1 is 1.08 bits per heavy atom. The largest absolute Gasteiger partial charge is 0.464 e. The van der Waals surface area contributed by atoms with Gasteiger partial charge in [-0.05, 0) is 82.2 Å². The maximum absolute atomic E-state index is 14.0. The van der Waals surface area contributed by atoms with E-state index < -0.39 is 5.79 Å². The number of hydrogen-bond acceptors (Lipinski definition) is 6. The lowest BCUT2D eigenvalue weighted by molar-refractivity contribution is -0.120. The van der Waals surface area contributed by atoms with Gasteiger partial charge in [0.25, 0.3) is 17.3 Å². The van der Waals surface area contributed by atoms with Crippen LogP contribution in [-0.4, -0.2) is 34.2 Å². The highest BCUT2D eigenvalue weighted by atomic mass is 16.7. The maximum Gasteiger partial charge on any atom is 0.254 e. The smallest absolute Gasteiger partial charge is 0.254 e. The SMILES string of the molecule is Cc1cc(C)c(CN2CCc3c(c(C)c4c(c3-c3ccco3)OC(C)(C3CCC(N)CC3)O4)C2=O)c(=O)[nH]1.